The standard InChI is InChI=1S/C25H34N4O4S/c1-6-20(31)28-22(25(3,4)5)24(33)29-13-18(30)11-19(29)23(32)26-12-16-7-9-17(10-8-16)21-15(2)27-14-34-21/h7-10,14,18-19,22,30H,6,11-13H2,1-5H3,(H,26,32)(H,28,31)/t18-,19+,22?/m1/s1. The Labute approximate surface area is 204 Å². The van der Waals surface area contributed by atoms with Crippen LogP contribution in [0.25, 0.3) is 10.4 Å². The maximum atomic E-state index is 13.4. The van der Waals surface area contributed by atoms with Gasteiger partial charge < -0.3 is 20.6 Å². The summed E-state index contributed by atoms with van der Waals surface area (Å²) in [5.41, 5.74) is 4.26. The predicted octanol–water partition coefficient (Wildman–Crippen LogP) is 2.64. The van der Waals surface area contributed by atoms with Gasteiger partial charge in [0.05, 0.1) is 22.2 Å². The topological polar surface area (TPSA) is 112 Å². The summed E-state index contributed by atoms with van der Waals surface area (Å²) in [6, 6.07) is 6.34. The van der Waals surface area contributed by atoms with Gasteiger partial charge in [-0.05, 0) is 23.5 Å². The molecule has 1 aromatic heterocycles. The SMILES string of the molecule is CCC(=O)NC(C(=O)N1C[C@H](O)C[C@H]1C(=O)NCc1ccc(-c2scnc2C)cc1)C(C)(C)C. The molecule has 184 valence electrons. The third kappa shape index (κ3) is 6.01. The number of aromatic nitrogens is 1. The van der Waals surface area contributed by atoms with Gasteiger partial charge in [0, 0.05) is 25.9 Å². The molecule has 1 fully saturated rings. The summed E-state index contributed by atoms with van der Waals surface area (Å²) in [6.07, 6.45) is -0.364. The van der Waals surface area contributed by atoms with Gasteiger partial charge in [0.2, 0.25) is 17.7 Å². The van der Waals surface area contributed by atoms with Crippen molar-refractivity contribution in [2.45, 2.75) is 72.2 Å². The monoisotopic (exact) mass is 486 g/mol. The number of aryl methyl sites for hydroxylation is 1. The Hall–Kier alpha value is -2.78. The number of rotatable bonds is 7. The van der Waals surface area contributed by atoms with E-state index in [0.717, 1.165) is 21.7 Å². The number of carbonyl (C=O) groups is 3. The smallest absolute Gasteiger partial charge is 0.246 e. The van der Waals surface area contributed by atoms with Crippen molar-refractivity contribution in [1.29, 1.82) is 0 Å². The van der Waals surface area contributed by atoms with Crippen LogP contribution in [0.15, 0.2) is 29.8 Å². The van der Waals surface area contributed by atoms with Crippen molar-refractivity contribution >= 4 is 29.1 Å². The van der Waals surface area contributed by atoms with Crippen molar-refractivity contribution in [3.8, 4) is 10.4 Å². The molecule has 0 radical (unpaired) electrons. The van der Waals surface area contributed by atoms with E-state index in [1.165, 1.54) is 4.90 Å². The van der Waals surface area contributed by atoms with E-state index in [1.54, 1.807) is 18.3 Å². The van der Waals surface area contributed by atoms with Crippen molar-refractivity contribution in [2.24, 2.45) is 5.41 Å². The Morgan fingerprint density at radius 3 is 2.47 bits per heavy atom. The van der Waals surface area contributed by atoms with Crippen molar-refractivity contribution in [2.75, 3.05) is 6.54 Å². The number of likely N-dealkylation sites (tertiary alicyclic amines) is 1. The highest BCUT2D eigenvalue weighted by atomic mass is 32.1. The molecular weight excluding hydrogens is 452 g/mol. The van der Waals surface area contributed by atoms with Crippen LogP contribution in [0.1, 0.15) is 51.8 Å². The summed E-state index contributed by atoms with van der Waals surface area (Å²) in [7, 11) is 0. The van der Waals surface area contributed by atoms with Crippen molar-refractivity contribution in [1.82, 2.24) is 20.5 Å². The van der Waals surface area contributed by atoms with Gasteiger partial charge in [0.15, 0.2) is 0 Å². The summed E-state index contributed by atoms with van der Waals surface area (Å²) >= 11 is 1.59. The summed E-state index contributed by atoms with van der Waals surface area (Å²) in [5.74, 6) is -0.900. The molecule has 0 bridgehead atoms. The number of nitrogens with one attached hydrogen (secondary N) is 2. The molecule has 1 saturated heterocycles. The van der Waals surface area contributed by atoms with E-state index < -0.39 is 23.6 Å². The molecule has 1 aliphatic rings. The van der Waals surface area contributed by atoms with Crippen LogP contribution < -0.4 is 10.6 Å². The third-order valence-corrected chi connectivity index (χ3v) is 7.01. The van der Waals surface area contributed by atoms with E-state index in [2.05, 4.69) is 15.6 Å². The fourth-order valence-electron chi connectivity index (χ4n) is 4.04. The summed E-state index contributed by atoms with van der Waals surface area (Å²) in [5, 5.41) is 15.9. The van der Waals surface area contributed by atoms with E-state index in [4.69, 9.17) is 0 Å². The Bertz CT molecular complexity index is 1030. The molecule has 34 heavy (non-hydrogen) atoms. The van der Waals surface area contributed by atoms with Gasteiger partial charge in [-0.15, -0.1) is 11.3 Å². The number of aliphatic hydroxyl groups is 1. The van der Waals surface area contributed by atoms with Gasteiger partial charge in [0.25, 0.3) is 0 Å². The molecule has 1 aromatic carbocycles. The molecule has 1 unspecified atom stereocenters. The lowest BCUT2D eigenvalue weighted by Gasteiger charge is -2.35. The number of hydrogen-bond donors (Lipinski definition) is 3. The molecule has 8 nitrogen and oxygen atoms in total. The van der Waals surface area contributed by atoms with E-state index in [-0.39, 0.29) is 37.1 Å². The molecule has 2 aromatic rings. The molecule has 0 saturated carbocycles. The Kier molecular flexibility index (Phi) is 8.09. The van der Waals surface area contributed by atoms with Gasteiger partial charge in [0.1, 0.15) is 12.1 Å². The first-order valence-electron chi connectivity index (χ1n) is 11.6. The minimum Gasteiger partial charge on any atom is -0.391 e. The lowest BCUT2D eigenvalue weighted by molar-refractivity contribution is -0.144. The number of thiazole rings is 1. The zero-order chi connectivity index (χ0) is 25.0. The number of hydrogen-bond acceptors (Lipinski definition) is 6. The molecule has 2 heterocycles. The van der Waals surface area contributed by atoms with Crippen LogP contribution >= 0.6 is 11.3 Å². The second kappa shape index (κ2) is 10.7. The van der Waals surface area contributed by atoms with Crippen LogP contribution in [-0.4, -0.2) is 57.4 Å². The zero-order valence-electron chi connectivity index (χ0n) is 20.4. The van der Waals surface area contributed by atoms with Gasteiger partial charge in [-0.1, -0.05) is 52.0 Å². The van der Waals surface area contributed by atoms with Crippen LogP contribution in [0.3, 0.4) is 0 Å². The lowest BCUT2D eigenvalue weighted by Crippen LogP contribution is -2.57. The molecule has 1 aliphatic heterocycles. The highest BCUT2D eigenvalue weighted by molar-refractivity contribution is 7.13. The molecule has 3 atom stereocenters. The summed E-state index contributed by atoms with van der Waals surface area (Å²) in [4.78, 5) is 45.2. The van der Waals surface area contributed by atoms with E-state index in [0.29, 0.717) is 6.54 Å². The van der Waals surface area contributed by atoms with Crippen LogP contribution in [0.2, 0.25) is 0 Å². The number of aliphatic hydroxyl groups excluding tert-OH is 1. The normalized spacial score (nSPS) is 19.1. The minimum atomic E-state index is -0.789. The van der Waals surface area contributed by atoms with Crippen molar-refractivity contribution < 1.29 is 19.5 Å². The van der Waals surface area contributed by atoms with Crippen LogP contribution in [0.5, 0.6) is 0 Å². The average molecular weight is 487 g/mol. The molecule has 9 heteroatoms. The molecular formula is C25H34N4O4S. The first-order chi connectivity index (χ1) is 16.0. The quantitative estimate of drug-likeness (QED) is 0.557. The van der Waals surface area contributed by atoms with Gasteiger partial charge >= 0.3 is 0 Å². The van der Waals surface area contributed by atoms with Gasteiger partial charge in [-0.2, -0.15) is 0 Å². The summed E-state index contributed by atoms with van der Waals surface area (Å²) < 4.78 is 0. The lowest BCUT2D eigenvalue weighted by atomic mass is 9.85. The van der Waals surface area contributed by atoms with Gasteiger partial charge in [-0.25, -0.2) is 4.98 Å². The Morgan fingerprint density at radius 1 is 1.24 bits per heavy atom. The van der Waals surface area contributed by atoms with Crippen molar-refractivity contribution in [3.05, 3.63) is 41.0 Å². The first kappa shape index (κ1) is 25.8. The Morgan fingerprint density at radius 2 is 1.91 bits per heavy atom. The predicted molar refractivity (Wildman–Crippen MR) is 132 cm³/mol. The van der Waals surface area contributed by atoms with Crippen LogP contribution in [0, 0.1) is 12.3 Å². The fourth-order valence-corrected chi connectivity index (χ4v) is 4.86. The largest absolute Gasteiger partial charge is 0.391 e. The van der Waals surface area contributed by atoms with Crippen LogP contribution in [0.4, 0.5) is 0 Å². The maximum Gasteiger partial charge on any atom is 0.246 e. The molecule has 3 N–H and O–H groups in total. The maximum absolute atomic E-state index is 13.4. The number of nitrogens with zero attached hydrogens (tertiary/aromatic N) is 2. The third-order valence-electron chi connectivity index (χ3n) is 6.03. The molecule has 3 amide bonds. The molecule has 3 rings (SSSR count). The molecule has 0 aliphatic carbocycles. The number of β-amino-alcohol motifs (C(OH)–C–C–N with tert-alkyl or cyclic N) is 1. The highest BCUT2D eigenvalue weighted by Gasteiger charge is 2.44. The Balaban J connectivity index is 1.67. The number of amides is 3. The van der Waals surface area contributed by atoms with E-state index >= 15 is 0 Å². The van der Waals surface area contributed by atoms with E-state index in [9.17, 15) is 19.5 Å². The number of benzene rings is 1. The fraction of sp³-hybridized carbons (Fsp3) is 0.520. The molecule has 0 spiro atoms. The number of carbonyl (C=O) groups excluding carboxylic acids is 3. The zero-order valence-corrected chi connectivity index (χ0v) is 21.2. The van der Waals surface area contributed by atoms with E-state index in [1.807, 2.05) is 57.5 Å². The second-order valence-corrected chi connectivity index (χ2v) is 10.7. The van der Waals surface area contributed by atoms with Crippen LogP contribution in [-0.2, 0) is 20.9 Å². The second-order valence-electron chi connectivity index (χ2n) is 9.80. The summed E-state index contributed by atoms with van der Waals surface area (Å²) in [6.45, 7) is 9.67. The average Bonchev–Trinajstić information content (AvgIpc) is 3.40. The highest BCUT2D eigenvalue weighted by Crippen LogP contribution is 2.28. The first-order valence-corrected chi connectivity index (χ1v) is 12.4. The van der Waals surface area contributed by atoms with Crippen molar-refractivity contribution in [3.63, 3.8) is 0 Å². The minimum absolute atomic E-state index is 0.0639. The van der Waals surface area contributed by atoms with Gasteiger partial charge in [-0.3, -0.25) is 14.4 Å².